The van der Waals surface area contributed by atoms with Crippen molar-refractivity contribution in [3.63, 3.8) is 0 Å². The lowest BCUT2D eigenvalue weighted by Crippen LogP contribution is -2.25. The van der Waals surface area contributed by atoms with E-state index < -0.39 is 5.82 Å². The molecule has 2 aromatic carbocycles. The van der Waals surface area contributed by atoms with Gasteiger partial charge in [0, 0.05) is 23.6 Å². The lowest BCUT2D eigenvalue weighted by atomic mass is 10.1. The third kappa shape index (κ3) is 3.08. The van der Waals surface area contributed by atoms with Crippen LogP contribution >= 0.6 is 11.6 Å². The lowest BCUT2D eigenvalue weighted by molar-refractivity contribution is -0.117. The highest BCUT2D eigenvalue weighted by Gasteiger charge is 2.36. The Morgan fingerprint density at radius 3 is 2.77 bits per heavy atom. The zero-order chi connectivity index (χ0) is 18.3. The van der Waals surface area contributed by atoms with Crippen LogP contribution in [0.15, 0.2) is 47.0 Å². The van der Waals surface area contributed by atoms with Crippen LogP contribution in [0.3, 0.4) is 0 Å². The minimum absolute atomic E-state index is 0.161. The molecule has 132 valence electrons. The normalized spacial score (nSPS) is 17.1. The highest BCUT2D eigenvalue weighted by Crippen LogP contribution is 2.33. The van der Waals surface area contributed by atoms with Crippen LogP contribution in [0.4, 0.5) is 10.1 Å². The summed E-state index contributed by atoms with van der Waals surface area (Å²) in [6.07, 6.45) is 0.204. The molecule has 0 aliphatic carbocycles. The third-order valence-electron chi connectivity index (χ3n) is 4.41. The van der Waals surface area contributed by atoms with Crippen LogP contribution in [0, 0.1) is 12.7 Å². The second-order valence-corrected chi connectivity index (χ2v) is 6.76. The highest BCUT2D eigenvalue weighted by atomic mass is 35.5. The van der Waals surface area contributed by atoms with Gasteiger partial charge in [0.2, 0.25) is 17.6 Å². The number of aryl methyl sites for hydroxylation is 1. The van der Waals surface area contributed by atoms with Crippen LogP contribution in [-0.2, 0) is 4.79 Å². The predicted molar refractivity (Wildman–Crippen MR) is 95.6 cm³/mol. The Hall–Kier alpha value is -2.73. The molecule has 7 heteroatoms. The maximum absolute atomic E-state index is 14.1. The lowest BCUT2D eigenvalue weighted by Gasteiger charge is -2.17. The zero-order valence-corrected chi connectivity index (χ0v) is 14.7. The number of carbonyl (C=O) groups excluding carboxylic acids is 1. The van der Waals surface area contributed by atoms with Crippen molar-refractivity contribution >= 4 is 23.2 Å². The molecule has 1 amide bonds. The highest BCUT2D eigenvalue weighted by molar-refractivity contribution is 6.30. The summed E-state index contributed by atoms with van der Waals surface area (Å²) in [5, 5.41) is 4.60. The second kappa shape index (κ2) is 6.53. The van der Waals surface area contributed by atoms with Crippen molar-refractivity contribution in [1.82, 2.24) is 10.1 Å². The maximum Gasteiger partial charge on any atom is 0.232 e. The average Bonchev–Trinajstić information content (AvgIpc) is 3.25. The van der Waals surface area contributed by atoms with E-state index in [1.165, 1.54) is 11.0 Å². The van der Waals surface area contributed by atoms with Crippen LogP contribution in [0.2, 0.25) is 5.02 Å². The van der Waals surface area contributed by atoms with Crippen molar-refractivity contribution in [2.75, 3.05) is 11.4 Å². The van der Waals surface area contributed by atoms with Crippen molar-refractivity contribution in [2.45, 2.75) is 19.3 Å². The average molecular weight is 372 g/mol. The van der Waals surface area contributed by atoms with Crippen molar-refractivity contribution < 1.29 is 13.7 Å². The summed E-state index contributed by atoms with van der Waals surface area (Å²) in [6.45, 7) is 2.17. The SMILES string of the molecule is Cc1ccc(F)c(N2CC(c3nc(-c4ccc(Cl)cc4)no3)CC2=O)c1. The van der Waals surface area contributed by atoms with E-state index in [9.17, 15) is 9.18 Å². The van der Waals surface area contributed by atoms with Gasteiger partial charge >= 0.3 is 0 Å². The van der Waals surface area contributed by atoms with Crippen LogP contribution in [0.1, 0.15) is 23.8 Å². The molecular formula is C19H15ClFN3O2. The van der Waals surface area contributed by atoms with Gasteiger partial charge in [0.05, 0.1) is 11.6 Å². The molecule has 1 atom stereocenters. The van der Waals surface area contributed by atoms with E-state index >= 15 is 0 Å². The van der Waals surface area contributed by atoms with Gasteiger partial charge in [0.25, 0.3) is 0 Å². The molecule has 0 bridgehead atoms. The number of carbonyl (C=O) groups is 1. The van der Waals surface area contributed by atoms with E-state index in [0.717, 1.165) is 11.1 Å². The quantitative estimate of drug-likeness (QED) is 0.686. The van der Waals surface area contributed by atoms with E-state index in [0.29, 0.717) is 23.3 Å². The van der Waals surface area contributed by atoms with E-state index in [2.05, 4.69) is 10.1 Å². The Morgan fingerprint density at radius 1 is 1.23 bits per heavy atom. The molecule has 0 spiro atoms. The summed E-state index contributed by atoms with van der Waals surface area (Å²) in [4.78, 5) is 18.2. The van der Waals surface area contributed by atoms with E-state index in [4.69, 9.17) is 16.1 Å². The molecule has 1 unspecified atom stereocenters. The van der Waals surface area contributed by atoms with Crippen LogP contribution < -0.4 is 4.90 Å². The topological polar surface area (TPSA) is 59.2 Å². The molecular weight excluding hydrogens is 357 g/mol. The van der Waals surface area contributed by atoms with Gasteiger partial charge in [-0.05, 0) is 48.9 Å². The number of hydrogen-bond acceptors (Lipinski definition) is 4. The van der Waals surface area contributed by atoms with Gasteiger partial charge in [-0.25, -0.2) is 4.39 Å². The Labute approximate surface area is 154 Å². The summed E-state index contributed by atoms with van der Waals surface area (Å²) in [5.41, 5.74) is 1.95. The van der Waals surface area contributed by atoms with Crippen LogP contribution in [0.25, 0.3) is 11.4 Å². The van der Waals surface area contributed by atoms with Crippen LogP contribution in [0.5, 0.6) is 0 Å². The van der Waals surface area contributed by atoms with Gasteiger partial charge in [-0.15, -0.1) is 0 Å². The smallest absolute Gasteiger partial charge is 0.232 e. The maximum atomic E-state index is 14.1. The van der Waals surface area contributed by atoms with E-state index in [1.54, 1.807) is 36.4 Å². The van der Waals surface area contributed by atoms with E-state index in [-0.39, 0.29) is 23.9 Å². The van der Waals surface area contributed by atoms with Gasteiger partial charge < -0.3 is 9.42 Å². The number of nitrogens with zero attached hydrogens (tertiary/aromatic N) is 3. The minimum Gasteiger partial charge on any atom is -0.339 e. The molecule has 1 fully saturated rings. The van der Waals surface area contributed by atoms with Gasteiger partial charge in [-0.1, -0.05) is 22.8 Å². The molecule has 1 aliphatic rings. The molecule has 0 saturated carbocycles. The Kier molecular flexibility index (Phi) is 4.20. The molecule has 3 aromatic rings. The fourth-order valence-electron chi connectivity index (χ4n) is 3.05. The molecule has 26 heavy (non-hydrogen) atoms. The number of hydrogen-bond donors (Lipinski definition) is 0. The minimum atomic E-state index is -0.419. The molecule has 0 N–H and O–H groups in total. The summed E-state index contributed by atoms with van der Waals surface area (Å²) >= 11 is 5.88. The Bertz CT molecular complexity index is 971. The molecule has 0 radical (unpaired) electrons. The number of amides is 1. The first-order valence-electron chi connectivity index (χ1n) is 8.17. The first kappa shape index (κ1) is 16.7. The number of aromatic nitrogens is 2. The summed E-state index contributed by atoms with van der Waals surface area (Å²) in [6, 6.07) is 11.8. The zero-order valence-electron chi connectivity index (χ0n) is 13.9. The fraction of sp³-hybridized carbons (Fsp3) is 0.211. The molecule has 4 rings (SSSR count). The fourth-order valence-corrected chi connectivity index (χ4v) is 3.18. The van der Waals surface area contributed by atoms with E-state index in [1.807, 2.05) is 6.92 Å². The molecule has 5 nitrogen and oxygen atoms in total. The number of anilines is 1. The van der Waals surface area contributed by atoms with Gasteiger partial charge in [-0.2, -0.15) is 4.98 Å². The molecule has 2 heterocycles. The molecule has 1 aliphatic heterocycles. The second-order valence-electron chi connectivity index (χ2n) is 6.32. The first-order chi connectivity index (χ1) is 12.5. The largest absolute Gasteiger partial charge is 0.339 e. The molecule has 1 saturated heterocycles. The number of rotatable bonds is 3. The summed E-state index contributed by atoms with van der Waals surface area (Å²) < 4.78 is 19.5. The van der Waals surface area contributed by atoms with Gasteiger partial charge in [0.1, 0.15) is 5.82 Å². The monoisotopic (exact) mass is 371 g/mol. The third-order valence-corrected chi connectivity index (χ3v) is 4.66. The predicted octanol–water partition coefficient (Wildman–Crippen LogP) is 4.36. The number of benzene rings is 2. The van der Waals surface area contributed by atoms with Crippen molar-refractivity contribution in [1.29, 1.82) is 0 Å². The van der Waals surface area contributed by atoms with Crippen molar-refractivity contribution in [3.8, 4) is 11.4 Å². The van der Waals surface area contributed by atoms with Gasteiger partial charge in [-0.3, -0.25) is 4.79 Å². The summed E-state index contributed by atoms with van der Waals surface area (Å²) in [7, 11) is 0. The standard InChI is InChI=1S/C19H15ClFN3O2/c1-11-2-7-15(21)16(8-11)24-10-13(9-17(24)25)19-22-18(23-26-19)12-3-5-14(20)6-4-12/h2-8,13H,9-10H2,1H3. The Morgan fingerprint density at radius 2 is 2.00 bits per heavy atom. The summed E-state index contributed by atoms with van der Waals surface area (Å²) in [5.74, 6) is -0.0400. The Balaban J connectivity index is 1.58. The van der Waals surface area contributed by atoms with Crippen molar-refractivity contribution in [2.24, 2.45) is 0 Å². The van der Waals surface area contributed by atoms with Crippen molar-refractivity contribution in [3.05, 3.63) is 64.8 Å². The first-order valence-corrected chi connectivity index (χ1v) is 8.55. The van der Waals surface area contributed by atoms with Gasteiger partial charge in [0.15, 0.2) is 0 Å². The van der Waals surface area contributed by atoms with Crippen LogP contribution in [-0.4, -0.2) is 22.6 Å². The molecule has 1 aromatic heterocycles. The number of halogens is 2.